The Labute approximate surface area is 105 Å². The molecule has 18 heavy (non-hydrogen) atoms. The Hall–Kier alpha value is -1.91. The Morgan fingerprint density at radius 2 is 2.06 bits per heavy atom. The molecule has 1 aliphatic carbocycles. The van der Waals surface area contributed by atoms with E-state index in [9.17, 15) is 14.0 Å². The number of halogens is 1. The van der Waals surface area contributed by atoms with Gasteiger partial charge in [-0.1, -0.05) is 6.92 Å². The monoisotopic (exact) mass is 250 g/mol. The highest BCUT2D eigenvalue weighted by Crippen LogP contribution is 2.29. The molecule has 0 heterocycles. The normalized spacial score (nSPS) is 21.3. The van der Waals surface area contributed by atoms with Crippen LogP contribution >= 0.6 is 0 Å². The van der Waals surface area contributed by atoms with Crippen LogP contribution < -0.4 is 10.6 Å². The van der Waals surface area contributed by atoms with Crippen LogP contribution in [0.3, 0.4) is 0 Å². The van der Waals surface area contributed by atoms with E-state index in [1.165, 1.54) is 25.1 Å². The van der Waals surface area contributed by atoms with Gasteiger partial charge in [-0.3, -0.25) is 9.59 Å². The lowest BCUT2D eigenvalue weighted by atomic mass is 10.1. The molecular formula is C13H15FN2O2. The standard InChI is InChI=1S/C13H15FN2O2/c1-7-5-11(7)16-13(18)9-3-4-10(14)12(6-9)15-8(2)17/h3-4,6-7,11H,5H2,1-2H3,(H,15,17)(H,16,18)/t7-,11-/m1/s1. The molecule has 2 N–H and O–H groups in total. The molecule has 0 aliphatic heterocycles. The third-order valence-corrected chi connectivity index (χ3v) is 2.97. The van der Waals surface area contributed by atoms with E-state index in [0.29, 0.717) is 11.5 Å². The number of rotatable bonds is 3. The molecule has 1 aromatic carbocycles. The van der Waals surface area contributed by atoms with E-state index in [-0.39, 0.29) is 23.5 Å². The number of benzene rings is 1. The Morgan fingerprint density at radius 3 is 2.61 bits per heavy atom. The van der Waals surface area contributed by atoms with Gasteiger partial charge in [0.25, 0.3) is 5.91 Å². The number of hydrogen-bond acceptors (Lipinski definition) is 2. The van der Waals surface area contributed by atoms with Crippen LogP contribution in [-0.2, 0) is 4.79 Å². The summed E-state index contributed by atoms with van der Waals surface area (Å²) in [6, 6.07) is 4.14. The molecule has 0 radical (unpaired) electrons. The molecule has 0 bridgehead atoms. The molecule has 5 heteroatoms. The minimum atomic E-state index is -0.554. The summed E-state index contributed by atoms with van der Waals surface area (Å²) in [5.74, 6) is -0.663. The Balaban J connectivity index is 2.12. The molecule has 1 aromatic rings. The maximum atomic E-state index is 13.4. The SMILES string of the molecule is CC(=O)Nc1cc(C(=O)N[C@@H]2C[C@H]2C)ccc1F. The minimum absolute atomic E-state index is 0.0268. The predicted octanol–water partition coefficient (Wildman–Crippen LogP) is 1.92. The molecular weight excluding hydrogens is 235 g/mol. The third kappa shape index (κ3) is 2.85. The zero-order chi connectivity index (χ0) is 13.3. The molecule has 4 nitrogen and oxygen atoms in total. The fourth-order valence-electron chi connectivity index (χ4n) is 1.73. The van der Waals surface area contributed by atoms with Crippen LogP contribution in [-0.4, -0.2) is 17.9 Å². The van der Waals surface area contributed by atoms with E-state index >= 15 is 0 Å². The second-order valence-electron chi connectivity index (χ2n) is 4.67. The van der Waals surface area contributed by atoms with Crippen molar-refractivity contribution >= 4 is 17.5 Å². The lowest BCUT2D eigenvalue weighted by Crippen LogP contribution is -2.26. The summed E-state index contributed by atoms with van der Waals surface area (Å²) in [6.07, 6.45) is 0.978. The maximum absolute atomic E-state index is 13.4. The summed E-state index contributed by atoms with van der Waals surface area (Å²) in [4.78, 5) is 22.7. The van der Waals surface area contributed by atoms with Crippen LogP contribution in [0, 0.1) is 11.7 Å². The quantitative estimate of drug-likeness (QED) is 0.861. The molecule has 1 fully saturated rings. The first-order chi connectivity index (χ1) is 8.47. The van der Waals surface area contributed by atoms with Gasteiger partial charge in [-0.05, 0) is 30.5 Å². The largest absolute Gasteiger partial charge is 0.349 e. The van der Waals surface area contributed by atoms with Crippen LogP contribution in [0.25, 0.3) is 0 Å². The molecule has 0 unspecified atom stereocenters. The minimum Gasteiger partial charge on any atom is -0.349 e. The van der Waals surface area contributed by atoms with Gasteiger partial charge < -0.3 is 10.6 Å². The maximum Gasteiger partial charge on any atom is 0.251 e. The van der Waals surface area contributed by atoms with E-state index in [4.69, 9.17) is 0 Å². The smallest absolute Gasteiger partial charge is 0.251 e. The van der Waals surface area contributed by atoms with Crippen LogP contribution in [0.4, 0.5) is 10.1 Å². The molecule has 0 spiro atoms. The Morgan fingerprint density at radius 1 is 1.39 bits per heavy atom. The van der Waals surface area contributed by atoms with E-state index in [1.807, 2.05) is 0 Å². The van der Waals surface area contributed by atoms with Crippen molar-refractivity contribution in [1.82, 2.24) is 5.32 Å². The molecule has 96 valence electrons. The van der Waals surface area contributed by atoms with Crippen molar-refractivity contribution in [1.29, 1.82) is 0 Å². The van der Waals surface area contributed by atoms with Gasteiger partial charge in [-0.2, -0.15) is 0 Å². The fourth-order valence-corrected chi connectivity index (χ4v) is 1.73. The second kappa shape index (κ2) is 4.76. The molecule has 1 aliphatic rings. The van der Waals surface area contributed by atoms with Crippen molar-refractivity contribution in [3.63, 3.8) is 0 Å². The zero-order valence-electron chi connectivity index (χ0n) is 10.3. The summed E-state index contributed by atoms with van der Waals surface area (Å²) >= 11 is 0. The first-order valence-electron chi connectivity index (χ1n) is 5.85. The highest BCUT2D eigenvalue weighted by molar-refractivity contribution is 5.97. The fraction of sp³-hybridized carbons (Fsp3) is 0.385. The van der Waals surface area contributed by atoms with Gasteiger partial charge in [-0.15, -0.1) is 0 Å². The van der Waals surface area contributed by atoms with Gasteiger partial charge >= 0.3 is 0 Å². The molecule has 2 rings (SSSR count). The first-order valence-corrected chi connectivity index (χ1v) is 5.85. The van der Waals surface area contributed by atoms with Gasteiger partial charge in [0.2, 0.25) is 5.91 Å². The predicted molar refractivity (Wildman–Crippen MR) is 65.7 cm³/mol. The second-order valence-corrected chi connectivity index (χ2v) is 4.67. The number of anilines is 1. The molecule has 2 amide bonds. The van der Waals surface area contributed by atoms with Crippen molar-refractivity contribution in [2.75, 3.05) is 5.32 Å². The molecule has 2 atom stereocenters. The number of hydrogen-bond donors (Lipinski definition) is 2. The summed E-state index contributed by atoms with van der Waals surface area (Å²) < 4.78 is 13.4. The highest BCUT2D eigenvalue weighted by atomic mass is 19.1. The molecule has 1 saturated carbocycles. The summed E-state index contributed by atoms with van der Waals surface area (Å²) in [5.41, 5.74) is 0.373. The van der Waals surface area contributed by atoms with Crippen LogP contribution in [0.15, 0.2) is 18.2 Å². The number of carbonyl (C=O) groups is 2. The number of amides is 2. The van der Waals surface area contributed by atoms with Crippen LogP contribution in [0.1, 0.15) is 30.6 Å². The van der Waals surface area contributed by atoms with Crippen molar-refractivity contribution in [3.8, 4) is 0 Å². The first kappa shape index (κ1) is 12.5. The van der Waals surface area contributed by atoms with Gasteiger partial charge in [0.05, 0.1) is 5.69 Å². The Kier molecular flexibility index (Phi) is 3.32. The van der Waals surface area contributed by atoms with Crippen molar-refractivity contribution in [2.45, 2.75) is 26.3 Å². The summed E-state index contributed by atoms with van der Waals surface area (Å²) in [7, 11) is 0. The van der Waals surface area contributed by atoms with Gasteiger partial charge in [-0.25, -0.2) is 4.39 Å². The average Bonchev–Trinajstić information content (AvgIpc) is 2.96. The topological polar surface area (TPSA) is 58.2 Å². The van der Waals surface area contributed by atoms with Crippen molar-refractivity contribution < 1.29 is 14.0 Å². The molecule has 0 aromatic heterocycles. The third-order valence-electron chi connectivity index (χ3n) is 2.97. The van der Waals surface area contributed by atoms with E-state index in [2.05, 4.69) is 17.6 Å². The average molecular weight is 250 g/mol. The van der Waals surface area contributed by atoms with Gasteiger partial charge in [0.1, 0.15) is 5.82 Å². The van der Waals surface area contributed by atoms with E-state index < -0.39 is 5.82 Å². The molecule has 0 saturated heterocycles. The Bertz CT molecular complexity index is 502. The lowest BCUT2D eigenvalue weighted by Gasteiger charge is -2.08. The van der Waals surface area contributed by atoms with Gasteiger partial charge in [0, 0.05) is 18.5 Å². The van der Waals surface area contributed by atoms with Crippen molar-refractivity contribution in [2.24, 2.45) is 5.92 Å². The zero-order valence-corrected chi connectivity index (χ0v) is 10.3. The number of carbonyl (C=O) groups excluding carboxylic acids is 2. The highest BCUT2D eigenvalue weighted by Gasteiger charge is 2.34. The summed E-state index contributed by atoms with van der Waals surface area (Å²) in [6.45, 7) is 3.34. The van der Waals surface area contributed by atoms with Crippen LogP contribution in [0.2, 0.25) is 0 Å². The number of nitrogens with one attached hydrogen (secondary N) is 2. The van der Waals surface area contributed by atoms with E-state index in [0.717, 1.165) is 6.42 Å². The van der Waals surface area contributed by atoms with Crippen LogP contribution in [0.5, 0.6) is 0 Å². The summed E-state index contributed by atoms with van der Waals surface area (Å²) in [5, 5.41) is 5.20. The van der Waals surface area contributed by atoms with E-state index in [1.54, 1.807) is 0 Å². The van der Waals surface area contributed by atoms with Gasteiger partial charge in [0.15, 0.2) is 0 Å². The van der Waals surface area contributed by atoms with Crippen molar-refractivity contribution in [3.05, 3.63) is 29.6 Å². The lowest BCUT2D eigenvalue weighted by molar-refractivity contribution is -0.114.